The number of nitrogens with two attached hydrogens (primary N) is 1. The summed E-state index contributed by atoms with van der Waals surface area (Å²) < 4.78 is 6.88. The van der Waals surface area contributed by atoms with Crippen molar-refractivity contribution in [3.63, 3.8) is 0 Å². The number of anilines is 3. The fraction of sp³-hybridized carbons (Fsp3) is 0.111. The molecule has 3 aromatic heterocycles. The number of aryl methyl sites for hydroxylation is 1. The maximum Gasteiger partial charge on any atom is 0.344 e. The SMILES string of the molecule is Cc1nn2cccnc2c1C(=O)OCc1nc(N)nc(Nc2ccccc2)n1. The highest BCUT2D eigenvalue weighted by atomic mass is 16.5. The average molecular weight is 376 g/mol. The van der Waals surface area contributed by atoms with E-state index in [0.29, 0.717) is 16.9 Å². The monoisotopic (exact) mass is 376 g/mol. The van der Waals surface area contributed by atoms with Gasteiger partial charge in [0, 0.05) is 18.1 Å². The summed E-state index contributed by atoms with van der Waals surface area (Å²) in [6.07, 6.45) is 3.29. The van der Waals surface area contributed by atoms with Gasteiger partial charge in [0.2, 0.25) is 11.9 Å². The largest absolute Gasteiger partial charge is 0.454 e. The van der Waals surface area contributed by atoms with Gasteiger partial charge in [-0.25, -0.2) is 14.3 Å². The normalized spacial score (nSPS) is 10.8. The van der Waals surface area contributed by atoms with Crippen LogP contribution in [0.25, 0.3) is 5.65 Å². The lowest BCUT2D eigenvalue weighted by Gasteiger charge is -2.08. The lowest BCUT2D eigenvalue weighted by Crippen LogP contribution is -2.12. The minimum atomic E-state index is -0.567. The molecule has 140 valence electrons. The quantitative estimate of drug-likeness (QED) is 0.501. The topological polar surface area (TPSA) is 133 Å². The zero-order valence-corrected chi connectivity index (χ0v) is 14.9. The first-order valence-electron chi connectivity index (χ1n) is 8.40. The van der Waals surface area contributed by atoms with Crippen molar-refractivity contribution in [1.82, 2.24) is 29.5 Å². The molecule has 0 aliphatic heterocycles. The highest BCUT2D eigenvalue weighted by molar-refractivity contribution is 5.97. The molecule has 0 bridgehead atoms. The van der Waals surface area contributed by atoms with E-state index >= 15 is 0 Å². The minimum Gasteiger partial charge on any atom is -0.454 e. The number of hydrogen-bond donors (Lipinski definition) is 2. The molecule has 0 spiro atoms. The Hall–Kier alpha value is -4.08. The van der Waals surface area contributed by atoms with Crippen LogP contribution in [0.3, 0.4) is 0 Å². The number of nitrogens with zero attached hydrogens (tertiary/aromatic N) is 6. The van der Waals surface area contributed by atoms with Crippen LogP contribution in [0.15, 0.2) is 48.8 Å². The van der Waals surface area contributed by atoms with E-state index in [1.54, 1.807) is 25.4 Å². The van der Waals surface area contributed by atoms with E-state index in [1.807, 2.05) is 30.3 Å². The van der Waals surface area contributed by atoms with Gasteiger partial charge in [0.15, 0.2) is 18.1 Å². The van der Waals surface area contributed by atoms with Crippen LogP contribution in [0, 0.1) is 6.92 Å². The molecule has 4 rings (SSSR count). The van der Waals surface area contributed by atoms with Gasteiger partial charge in [-0.15, -0.1) is 0 Å². The van der Waals surface area contributed by atoms with Gasteiger partial charge in [-0.1, -0.05) is 18.2 Å². The molecule has 28 heavy (non-hydrogen) atoms. The smallest absolute Gasteiger partial charge is 0.344 e. The van der Waals surface area contributed by atoms with Gasteiger partial charge < -0.3 is 15.8 Å². The number of rotatable bonds is 5. The first kappa shape index (κ1) is 17.3. The third-order valence-electron chi connectivity index (χ3n) is 3.84. The van der Waals surface area contributed by atoms with Crippen LogP contribution in [0.5, 0.6) is 0 Å². The number of hydrogen-bond acceptors (Lipinski definition) is 9. The lowest BCUT2D eigenvalue weighted by atomic mass is 10.2. The van der Waals surface area contributed by atoms with Gasteiger partial charge in [-0.2, -0.15) is 20.1 Å². The molecule has 0 saturated carbocycles. The van der Waals surface area contributed by atoms with Crippen LogP contribution < -0.4 is 11.1 Å². The van der Waals surface area contributed by atoms with E-state index in [4.69, 9.17) is 10.5 Å². The lowest BCUT2D eigenvalue weighted by molar-refractivity contribution is 0.0463. The Labute approximate surface area is 159 Å². The molecule has 0 aliphatic carbocycles. The molecule has 3 heterocycles. The number of fused-ring (bicyclic) bond motifs is 1. The second kappa shape index (κ2) is 7.27. The van der Waals surface area contributed by atoms with E-state index in [9.17, 15) is 4.79 Å². The maximum absolute atomic E-state index is 12.5. The minimum absolute atomic E-state index is 0.0216. The zero-order valence-electron chi connectivity index (χ0n) is 14.9. The van der Waals surface area contributed by atoms with Crippen molar-refractivity contribution >= 4 is 29.2 Å². The Morgan fingerprint density at radius 2 is 2.00 bits per heavy atom. The van der Waals surface area contributed by atoms with Crippen molar-refractivity contribution in [3.8, 4) is 0 Å². The Bertz CT molecular complexity index is 1140. The molecule has 0 saturated heterocycles. The Morgan fingerprint density at radius 1 is 1.18 bits per heavy atom. The summed E-state index contributed by atoms with van der Waals surface area (Å²) in [6, 6.07) is 11.1. The second-order valence-corrected chi connectivity index (χ2v) is 5.85. The Balaban J connectivity index is 1.51. The predicted molar refractivity (Wildman–Crippen MR) is 101 cm³/mol. The summed E-state index contributed by atoms with van der Waals surface area (Å²) in [7, 11) is 0. The molecule has 0 radical (unpaired) electrons. The van der Waals surface area contributed by atoms with E-state index in [0.717, 1.165) is 5.69 Å². The summed E-state index contributed by atoms with van der Waals surface area (Å²) in [5.74, 6) is -0.0593. The van der Waals surface area contributed by atoms with E-state index in [2.05, 4.69) is 30.4 Å². The van der Waals surface area contributed by atoms with Crippen LogP contribution in [0.2, 0.25) is 0 Å². The molecular formula is C18H16N8O2. The van der Waals surface area contributed by atoms with Crippen LogP contribution in [0.1, 0.15) is 21.9 Å². The van der Waals surface area contributed by atoms with Crippen LogP contribution in [-0.2, 0) is 11.3 Å². The zero-order chi connectivity index (χ0) is 19.5. The van der Waals surface area contributed by atoms with Gasteiger partial charge in [0.05, 0.1) is 5.69 Å². The maximum atomic E-state index is 12.5. The standard InChI is InChI=1S/C18H16N8O2/c1-11-14(15-20-8-5-9-26(15)25-11)16(27)28-10-13-22-17(19)24-18(23-13)21-12-6-3-2-4-7-12/h2-9H,10H2,1H3,(H3,19,21,22,23,24). The Morgan fingerprint density at radius 3 is 2.82 bits per heavy atom. The number of aromatic nitrogens is 6. The third kappa shape index (κ3) is 3.56. The number of nitrogens with one attached hydrogen (secondary N) is 1. The van der Waals surface area contributed by atoms with Gasteiger partial charge in [-0.3, -0.25) is 0 Å². The molecule has 0 aliphatic rings. The predicted octanol–water partition coefficient (Wildman–Crippen LogP) is 1.91. The van der Waals surface area contributed by atoms with Crippen LogP contribution in [-0.4, -0.2) is 35.5 Å². The number of para-hydroxylation sites is 1. The highest BCUT2D eigenvalue weighted by Crippen LogP contribution is 2.16. The van der Waals surface area contributed by atoms with Gasteiger partial charge in [0.1, 0.15) is 5.56 Å². The summed E-state index contributed by atoms with van der Waals surface area (Å²) in [4.78, 5) is 29.0. The number of esters is 1. The summed E-state index contributed by atoms with van der Waals surface area (Å²) in [5, 5.41) is 7.27. The van der Waals surface area contributed by atoms with E-state index in [1.165, 1.54) is 4.52 Å². The average Bonchev–Trinajstić information content (AvgIpc) is 3.02. The van der Waals surface area contributed by atoms with Gasteiger partial charge in [0.25, 0.3) is 0 Å². The number of carbonyl (C=O) groups is 1. The molecule has 10 heteroatoms. The highest BCUT2D eigenvalue weighted by Gasteiger charge is 2.20. The second-order valence-electron chi connectivity index (χ2n) is 5.85. The molecule has 0 amide bonds. The van der Waals surface area contributed by atoms with Crippen molar-refractivity contribution in [2.75, 3.05) is 11.1 Å². The van der Waals surface area contributed by atoms with Crippen molar-refractivity contribution in [2.45, 2.75) is 13.5 Å². The molecule has 1 aromatic carbocycles. The summed E-state index contributed by atoms with van der Waals surface area (Å²) in [6.45, 7) is 1.55. The molecular weight excluding hydrogens is 360 g/mol. The molecule has 0 fully saturated rings. The van der Waals surface area contributed by atoms with Crippen molar-refractivity contribution in [1.29, 1.82) is 0 Å². The van der Waals surface area contributed by atoms with Crippen molar-refractivity contribution in [3.05, 3.63) is 65.9 Å². The molecule has 3 N–H and O–H groups in total. The van der Waals surface area contributed by atoms with Crippen molar-refractivity contribution in [2.24, 2.45) is 0 Å². The molecule has 4 aromatic rings. The number of ether oxygens (including phenoxy) is 1. The van der Waals surface area contributed by atoms with Crippen molar-refractivity contribution < 1.29 is 9.53 Å². The summed E-state index contributed by atoms with van der Waals surface area (Å²) >= 11 is 0. The molecule has 0 atom stereocenters. The number of carbonyl (C=O) groups excluding carboxylic acids is 1. The number of nitrogen functional groups attached to an aromatic ring is 1. The summed E-state index contributed by atoms with van der Waals surface area (Å²) in [5.41, 5.74) is 7.78. The number of benzene rings is 1. The first-order valence-corrected chi connectivity index (χ1v) is 8.40. The fourth-order valence-corrected chi connectivity index (χ4v) is 2.65. The van der Waals surface area contributed by atoms with Crippen LogP contribution in [0.4, 0.5) is 17.6 Å². The van der Waals surface area contributed by atoms with Crippen LogP contribution >= 0.6 is 0 Å². The fourth-order valence-electron chi connectivity index (χ4n) is 2.65. The van der Waals surface area contributed by atoms with Gasteiger partial charge >= 0.3 is 5.97 Å². The van der Waals surface area contributed by atoms with Gasteiger partial charge in [-0.05, 0) is 25.1 Å². The molecule has 0 unspecified atom stereocenters. The van der Waals surface area contributed by atoms with E-state index in [-0.39, 0.29) is 24.3 Å². The van der Waals surface area contributed by atoms with E-state index < -0.39 is 5.97 Å². The molecule has 10 nitrogen and oxygen atoms in total. The third-order valence-corrected chi connectivity index (χ3v) is 3.84. The Kier molecular flexibility index (Phi) is 4.50. The first-order chi connectivity index (χ1) is 13.6.